The minimum absolute atomic E-state index is 0.0200. The van der Waals surface area contributed by atoms with E-state index in [4.69, 9.17) is 0 Å². The summed E-state index contributed by atoms with van der Waals surface area (Å²) in [5.74, 6) is -0.488. The Morgan fingerprint density at radius 3 is 2.64 bits per heavy atom. The maximum absolute atomic E-state index is 12.3. The normalized spacial score (nSPS) is 13.7. The molecular weight excluding hydrogens is 280 g/mol. The Bertz CT molecular complexity index is 796. The molecule has 0 saturated carbocycles. The number of benzene rings is 2. The van der Waals surface area contributed by atoms with Gasteiger partial charge in [-0.3, -0.25) is 4.79 Å². The van der Waals surface area contributed by atoms with Gasteiger partial charge in [0.25, 0.3) is 5.91 Å². The summed E-state index contributed by atoms with van der Waals surface area (Å²) in [6, 6.07) is 16.4. The third-order valence-corrected chi connectivity index (χ3v) is 3.40. The predicted octanol–water partition coefficient (Wildman–Crippen LogP) is 1.82. The summed E-state index contributed by atoms with van der Waals surface area (Å²) in [6.07, 6.45) is 0. The first kappa shape index (κ1) is 14.2. The van der Waals surface area contributed by atoms with Gasteiger partial charge in [-0.15, -0.1) is 5.10 Å². The van der Waals surface area contributed by atoms with E-state index < -0.39 is 11.5 Å². The van der Waals surface area contributed by atoms with Crippen LogP contribution in [-0.2, 0) is 11.3 Å². The first-order chi connectivity index (χ1) is 10.6. The highest BCUT2D eigenvalue weighted by Crippen LogP contribution is 2.16. The lowest BCUT2D eigenvalue weighted by molar-refractivity contribution is -0.133. The molecule has 22 heavy (non-hydrogen) atoms. The van der Waals surface area contributed by atoms with Crippen LogP contribution in [-0.4, -0.2) is 31.6 Å². The Hall–Kier alpha value is -2.73. The number of nitrogens with zero attached hydrogens (tertiary/aromatic N) is 3. The van der Waals surface area contributed by atoms with Crippen LogP contribution in [0.2, 0.25) is 0 Å². The van der Waals surface area contributed by atoms with Crippen LogP contribution in [0, 0.1) is 0 Å². The van der Waals surface area contributed by atoms with Crippen molar-refractivity contribution in [1.29, 1.82) is 0 Å². The number of rotatable bonds is 4. The SMILES string of the molecule is CC(O)(Cn1nnc2ccccc21)C(=O)Nc1ccccc1. The Balaban J connectivity index is 1.79. The predicted molar refractivity (Wildman–Crippen MR) is 83.2 cm³/mol. The smallest absolute Gasteiger partial charge is 0.257 e. The number of amides is 1. The molecule has 0 saturated heterocycles. The summed E-state index contributed by atoms with van der Waals surface area (Å²) in [5, 5.41) is 21.2. The molecule has 6 nitrogen and oxygen atoms in total. The molecule has 6 heteroatoms. The van der Waals surface area contributed by atoms with Gasteiger partial charge in [0.1, 0.15) is 5.52 Å². The molecule has 3 rings (SSSR count). The summed E-state index contributed by atoms with van der Waals surface area (Å²) in [4.78, 5) is 12.3. The van der Waals surface area contributed by atoms with Crippen LogP contribution in [0.3, 0.4) is 0 Å². The van der Waals surface area contributed by atoms with Gasteiger partial charge in [-0.1, -0.05) is 35.5 Å². The van der Waals surface area contributed by atoms with Crippen molar-refractivity contribution >= 4 is 22.6 Å². The van der Waals surface area contributed by atoms with E-state index in [0.717, 1.165) is 11.0 Å². The molecule has 3 aromatic rings. The second-order valence-electron chi connectivity index (χ2n) is 5.33. The molecule has 0 aliphatic heterocycles. The topological polar surface area (TPSA) is 80.0 Å². The van der Waals surface area contributed by atoms with E-state index in [1.165, 1.54) is 11.6 Å². The van der Waals surface area contributed by atoms with Gasteiger partial charge in [0.15, 0.2) is 5.60 Å². The fourth-order valence-electron chi connectivity index (χ4n) is 2.18. The van der Waals surface area contributed by atoms with Crippen LogP contribution < -0.4 is 5.32 Å². The van der Waals surface area contributed by atoms with Crippen molar-refractivity contribution in [3.8, 4) is 0 Å². The minimum Gasteiger partial charge on any atom is -0.378 e. The average Bonchev–Trinajstić information content (AvgIpc) is 2.91. The fraction of sp³-hybridized carbons (Fsp3) is 0.188. The van der Waals surface area contributed by atoms with Crippen LogP contribution in [0.1, 0.15) is 6.92 Å². The molecule has 1 unspecified atom stereocenters. The maximum atomic E-state index is 12.3. The molecule has 0 fully saturated rings. The van der Waals surface area contributed by atoms with Gasteiger partial charge in [-0.25, -0.2) is 4.68 Å². The van der Waals surface area contributed by atoms with E-state index in [-0.39, 0.29) is 6.54 Å². The summed E-state index contributed by atoms with van der Waals surface area (Å²) in [7, 11) is 0. The lowest BCUT2D eigenvalue weighted by atomic mass is 10.1. The van der Waals surface area contributed by atoms with Gasteiger partial charge in [-0.05, 0) is 31.2 Å². The molecule has 0 radical (unpaired) electrons. The van der Waals surface area contributed by atoms with Gasteiger partial charge >= 0.3 is 0 Å². The number of para-hydroxylation sites is 2. The third-order valence-electron chi connectivity index (χ3n) is 3.40. The number of anilines is 1. The Labute approximate surface area is 127 Å². The molecule has 2 N–H and O–H groups in total. The van der Waals surface area contributed by atoms with E-state index in [1.54, 1.807) is 12.1 Å². The monoisotopic (exact) mass is 296 g/mol. The number of aliphatic hydroxyl groups is 1. The summed E-state index contributed by atoms with van der Waals surface area (Å²) >= 11 is 0. The van der Waals surface area contributed by atoms with E-state index in [0.29, 0.717) is 5.69 Å². The van der Waals surface area contributed by atoms with E-state index in [1.807, 2.05) is 42.5 Å². The van der Waals surface area contributed by atoms with Crippen LogP contribution in [0.5, 0.6) is 0 Å². The van der Waals surface area contributed by atoms with Gasteiger partial charge in [-0.2, -0.15) is 0 Å². The van der Waals surface area contributed by atoms with Crippen molar-refractivity contribution in [2.75, 3.05) is 5.32 Å². The number of aromatic nitrogens is 3. The second kappa shape index (κ2) is 5.57. The van der Waals surface area contributed by atoms with Gasteiger partial charge in [0.2, 0.25) is 0 Å². The number of carbonyl (C=O) groups excluding carboxylic acids is 1. The number of hydrogen-bond acceptors (Lipinski definition) is 4. The third kappa shape index (κ3) is 2.82. The van der Waals surface area contributed by atoms with Crippen molar-refractivity contribution in [3.05, 3.63) is 54.6 Å². The maximum Gasteiger partial charge on any atom is 0.257 e. The number of nitrogens with one attached hydrogen (secondary N) is 1. The number of fused-ring (bicyclic) bond motifs is 1. The highest BCUT2D eigenvalue weighted by atomic mass is 16.3. The molecule has 1 heterocycles. The molecular formula is C16H16N4O2. The zero-order chi connectivity index (χ0) is 15.6. The standard InChI is InChI=1S/C16H16N4O2/c1-16(22,15(21)17-12-7-3-2-4-8-12)11-20-14-10-6-5-9-13(14)18-19-20/h2-10,22H,11H2,1H3,(H,17,21). The average molecular weight is 296 g/mol. The summed E-state index contributed by atoms with van der Waals surface area (Å²) in [5.41, 5.74) is 0.528. The van der Waals surface area contributed by atoms with Crippen molar-refractivity contribution in [2.24, 2.45) is 0 Å². The van der Waals surface area contributed by atoms with Gasteiger partial charge < -0.3 is 10.4 Å². The Morgan fingerprint density at radius 2 is 1.86 bits per heavy atom. The molecule has 1 aromatic heterocycles. The molecule has 1 atom stereocenters. The van der Waals surface area contributed by atoms with E-state index >= 15 is 0 Å². The van der Waals surface area contributed by atoms with Crippen LogP contribution in [0.4, 0.5) is 5.69 Å². The molecule has 0 aliphatic carbocycles. The molecule has 112 valence electrons. The summed E-state index contributed by atoms with van der Waals surface area (Å²) < 4.78 is 1.53. The largest absolute Gasteiger partial charge is 0.378 e. The van der Waals surface area contributed by atoms with Gasteiger partial charge in [0, 0.05) is 5.69 Å². The minimum atomic E-state index is -1.60. The van der Waals surface area contributed by atoms with Crippen molar-refractivity contribution in [2.45, 2.75) is 19.1 Å². The molecule has 0 spiro atoms. The molecule has 2 aromatic carbocycles. The highest BCUT2D eigenvalue weighted by Gasteiger charge is 2.32. The van der Waals surface area contributed by atoms with Crippen molar-refractivity contribution in [3.63, 3.8) is 0 Å². The first-order valence-electron chi connectivity index (χ1n) is 6.93. The van der Waals surface area contributed by atoms with Crippen LogP contribution in [0.25, 0.3) is 11.0 Å². The highest BCUT2D eigenvalue weighted by molar-refractivity contribution is 5.96. The Morgan fingerprint density at radius 1 is 1.18 bits per heavy atom. The van der Waals surface area contributed by atoms with E-state index in [2.05, 4.69) is 15.6 Å². The van der Waals surface area contributed by atoms with E-state index in [9.17, 15) is 9.90 Å². The zero-order valence-corrected chi connectivity index (χ0v) is 12.1. The second-order valence-corrected chi connectivity index (χ2v) is 5.33. The molecule has 0 bridgehead atoms. The number of hydrogen-bond donors (Lipinski definition) is 2. The van der Waals surface area contributed by atoms with Crippen LogP contribution in [0.15, 0.2) is 54.6 Å². The quantitative estimate of drug-likeness (QED) is 0.769. The lowest BCUT2D eigenvalue weighted by Gasteiger charge is -2.22. The zero-order valence-electron chi connectivity index (χ0n) is 12.1. The molecule has 1 amide bonds. The summed E-state index contributed by atoms with van der Waals surface area (Å²) in [6.45, 7) is 1.48. The van der Waals surface area contributed by atoms with Gasteiger partial charge in [0.05, 0.1) is 12.1 Å². The lowest BCUT2D eigenvalue weighted by Crippen LogP contribution is -2.44. The van der Waals surface area contributed by atoms with Crippen molar-refractivity contribution in [1.82, 2.24) is 15.0 Å². The first-order valence-corrected chi connectivity index (χ1v) is 6.93. The fourth-order valence-corrected chi connectivity index (χ4v) is 2.18. The number of carbonyl (C=O) groups is 1. The van der Waals surface area contributed by atoms with Crippen molar-refractivity contribution < 1.29 is 9.90 Å². The Kier molecular flexibility index (Phi) is 3.60. The van der Waals surface area contributed by atoms with Crippen LogP contribution >= 0.6 is 0 Å². The molecule has 0 aliphatic rings.